The van der Waals surface area contributed by atoms with Crippen LogP contribution >= 0.6 is 0 Å². The maximum atomic E-state index is 6.22. The zero-order valence-corrected chi connectivity index (χ0v) is 10.8. The molecule has 1 aliphatic rings. The van der Waals surface area contributed by atoms with Crippen molar-refractivity contribution >= 4 is 0 Å². The van der Waals surface area contributed by atoms with Crippen molar-refractivity contribution in [3.63, 3.8) is 0 Å². The number of benzene rings is 2. The van der Waals surface area contributed by atoms with Gasteiger partial charge < -0.3 is 15.8 Å². The fourth-order valence-corrected chi connectivity index (χ4v) is 2.22. The first-order chi connectivity index (χ1) is 9.33. The van der Waals surface area contributed by atoms with Crippen LogP contribution in [0.25, 0.3) is 0 Å². The number of ether oxygens (including phenoxy) is 1. The van der Waals surface area contributed by atoms with Crippen LogP contribution in [0.1, 0.15) is 11.6 Å². The van der Waals surface area contributed by atoms with Crippen molar-refractivity contribution < 1.29 is 4.74 Å². The van der Waals surface area contributed by atoms with Gasteiger partial charge in [0.1, 0.15) is 11.5 Å². The summed E-state index contributed by atoms with van der Waals surface area (Å²) in [6.45, 7) is 2.03. The van der Waals surface area contributed by atoms with Gasteiger partial charge in [-0.15, -0.1) is 0 Å². The first kappa shape index (κ1) is 12.2. The third-order valence-corrected chi connectivity index (χ3v) is 3.56. The molecule has 1 unspecified atom stereocenters. The number of rotatable bonds is 4. The van der Waals surface area contributed by atoms with Crippen molar-refractivity contribution in [1.29, 1.82) is 0 Å². The average molecular weight is 254 g/mol. The number of hydrogen-bond acceptors (Lipinski definition) is 3. The molecule has 0 saturated carbocycles. The smallest absolute Gasteiger partial charge is 0.127 e. The fraction of sp³-hybridized carbons (Fsp3) is 0.250. The van der Waals surface area contributed by atoms with Gasteiger partial charge in [0, 0.05) is 25.0 Å². The summed E-state index contributed by atoms with van der Waals surface area (Å²) in [6.07, 6.45) is 0. The van der Waals surface area contributed by atoms with Crippen molar-refractivity contribution in [3.8, 4) is 11.5 Å². The molecule has 1 fully saturated rings. The normalized spacial score (nSPS) is 16.7. The first-order valence-electron chi connectivity index (χ1n) is 6.62. The molecule has 1 saturated heterocycles. The zero-order valence-electron chi connectivity index (χ0n) is 10.8. The predicted molar refractivity (Wildman–Crippen MR) is 76.2 cm³/mol. The second kappa shape index (κ2) is 5.43. The van der Waals surface area contributed by atoms with E-state index in [1.807, 2.05) is 42.5 Å². The minimum atomic E-state index is 0.118. The Morgan fingerprint density at radius 2 is 1.58 bits per heavy atom. The molecule has 0 aliphatic carbocycles. The van der Waals surface area contributed by atoms with Gasteiger partial charge in [-0.3, -0.25) is 0 Å². The summed E-state index contributed by atoms with van der Waals surface area (Å²) < 4.78 is 5.76. The number of hydrogen-bond donors (Lipinski definition) is 2. The van der Waals surface area contributed by atoms with E-state index in [0.29, 0.717) is 5.92 Å². The number of nitrogens with two attached hydrogens (primary N) is 1. The Balaban J connectivity index is 1.68. The molecule has 3 nitrogen and oxygen atoms in total. The van der Waals surface area contributed by atoms with Crippen molar-refractivity contribution in [2.75, 3.05) is 13.1 Å². The largest absolute Gasteiger partial charge is 0.457 e. The van der Waals surface area contributed by atoms with E-state index in [1.165, 1.54) is 5.56 Å². The van der Waals surface area contributed by atoms with E-state index in [0.717, 1.165) is 24.6 Å². The van der Waals surface area contributed by atoms with Crippen LogP contribution in [0, 0.1) is 5.92 Å². The molecule has 1 heterocycles. The predicted octanol–water partition coefficient (Wildman–Crippen LogP) is 2.70. The Morgan fingerprint density at radius 1 is 0.947 bits per heavy atom. The van der Waals surface area contributed by atoms with Crippen LogP contribution in [0.2, 0.25) is 0 Å². The molecule has 0 aromatic heterocycles. The monoisotopic (exact) mass is 254 g/mol. The molecule has 2 aromatic rings. The summed E-state index contributed by atoms with van der Waals surface area (Å²) in [5.41, 5.74) is 7.40. The van der Waals surface area contributed by atoms with Gasteiger partial charge in [0.25, 0.3) is 0 Å². The van der Waals surface area contributed by atoms with Crippen LogP contribution in [-0.2, 0) is 0 Å². The Labute approximate surface area is 113 Å². The van der Waals surface area contributed by atoms with Crippen LogP contribution in [0.4, 0.5) is 0 Å². The van der Waals surface area contributed by atoms with Crippen LogP contribution < -0.4 is 15.8 Å². The minimum absolute atomic E-state index is 0.118. The molecule has 1 atom stereocenters. The van der Waals surface area contributed by atoms with E-state index < -0.39 is 0 Å². The van der Waals surface area contributed by atoms with E-state index in [4.69, 9.17) is 10.5 Å². The van der Waals surface area contributed by atoms with Crippen molar-refractivity contribution in [2.24, 2.45) is 11.7 Å². The average Bonchev–Trinajstić information content (AvgIpc) is 2.39. The summed E-state index contributed by atoms with van der Waals surface area (Å²) >= 11 is 0. The fourth-order valence-electron chi connectivity index (χ4n) is 2.22. The second-order valence-electron chi connectivity index (χ2n) is 4.93. The SMILES string of the molecule is NC(c1ccc(Oc2ccccc2)cc1)C1CNC1. The lowest BCUT2D eigenvalue weighted by molar-refractivity contribution is 0.295. The van der Waals surface area contributed by atoms with E-state index in [1.54, 1.807) is 0 Å². The van der Waals surface area contributed by atoms with E-state index in [2.05, 4.69) is 17.4 Å². The Kier molecular flexibility index (Phi) is 3.49. The van der Waals surface area contributed by atoms with Gasteiger partial charge >= 0.3 is 0 Å². The lowest BCUT2D eigenvalue weighted by Gasteiger charge is -2.32. The molecule has 0 radical (unpaired) electrons. The maximum Gasteiger partial charge on any atom is 0.127 e. The van der Waals surface area contributed by atoms with Crippen molar-refractivity contribution in [2.45, 2.75) is 6.04 Å². The highest BCUT2D eigenvalue weighted by Crippen LogP contribution is 2.26. The lowest BCUT2D eigenvalue weighted by atomic mass is 9.89. The highest BCUT2D eigenvalue weighted by Gasteiger charge is 2.24. The molecular weight excluding hydrogens is 236 g/mol. The summed E-state index contributed by atoms with van der Waals surface area (Å²) in [7, 11) is 0. The van der Waals surface area contributed by atoms with Gasteiger partial charge in [-0.2, -0.15) is 0 Å². The van der Waals surface area contributed by atoms with Gasteiger partial charge in [0.2, 0.25) is 0 Å². The molecular formula is C16H18N2O. The van der Waals surface area contributed by atoms with Gasteiger partial charge in [0.15, 0.2) is 0 Å². The Hall–Kier alpha value is -1.84. The number of para-hydroxylation sites is 1. The van der Waals surface area contributed by atoms with E-state index >= 15 is 0 Å². The standard InChI is InChI=1S/C16H18N2O/c17-16(13-10-18-11-13)12-6-8-15(9-7-12)19-14-4-2-1-3-5-14/h1-9,13,16,18H,10-11,17H2. The molecule has 3 rings (SSSR count). The van der Waals surface area contributed by atoms with Crippen LogP contribution in [-0.4, -0.2) is 13.1 Å². The lowest BCUT2D eigenvalue weighted by Crippen LogP contribution is -2.47. The minimum Gasteiger partial charge on any atom is -0.457 e. The molecule has 1 aliphatic heterocycles. The van der Waals surface area contributed by atoms with Crippen LogP contribution in [0.15, 0.2) is 54.6 Å². The topological polar surface area (TPSA) is 47.3 Å². The maximum absolute atomic E-state index is 6.22. The Bertz CT molecular complexity index is 520. The summed E-state index contributed by atoms with van der Waals surface area (Å²) in [4.78, 5) is 0. The van der Waals surface area contributed by atoms with Crippen molar-refractivity contribution in [3.05, 3.63) is 60.2 Å². The van der Waals surface area contributed by atoms with Gasteiger partial charge in [-0.25, -0.2) is 0 Å². The summed E-state index contributed by atoms with van der Waals surface area (Å²) in [6, 6.07) is 18.0. The second-order valence-corrected chi connectivity index (χ2v) is 4.93. The molecule has 19 heavy (non-hydrogen) atoms. The van der Waals surface area contributed by atoms with Crippen LogP contribution in [0.5, 0.6) is 11.5 Å². The third kappa shape index (κ3) is 2.78. The summed E-state index contributed by atoms with van der Waals surface area (Å²) in [5.74, 6) is 2.25. The van der Waals surface area contributed by atoms with Gasteiger partial charge in [-0.1, -0.05) is 30.3 Å². The molecule has 3 N–H and O–H groups in total. The van der Waals surface area contributed by atoms with Crippen molar-refractivity contribution in [1.82, 2.24) is 5.32 Å². The van der Waals surface area contributed by atoms with Crippen LogP contribution in [0.3, 0.4) is 0 Å². The third-order valence-electron chi connectivity index (χ3n) is 3.56. The van der Waals surface area contributed by atoms with E-state index in [-0.39, 0.29) is 6.04 Å². The molecule has 0 amide bonds. The molecule has 2 aromatic carbocycles. The quantitative estimate of drug-likeness (QED) is 0.882. The summed E-state index contributed by atoms with van der Waals surface area (Å²) in [5, 5.41) is 3.25. The first-order valence-corrected chi connectivity index (χ1v) is 6.62. The van der Waals surface area contributed by atoms with E-state index in [9.17, 15) is 0 Å². The molecule has 0 bridgehead atoms. The van der Waals surface area contributed by atoms with Gasteiger partial charge in [0.05, 0.1) is 0 Å². The number of nitrogens with one attached hydrogen (secondary N) is 1. The molecule has 98 valence electrons. The Morgan fingerprint density at radius 3 is 2.16 bits per heavy atom. The molecule has 0 spiro atoms. The highest BCUT2D eigenvalue weighted by molar-refractivity contribution is 5.34. The highest BCUT2D eigenvalue weighted by atomic mass is 16.5. The van der Waals surface area contributed by atoms with Gasteiger partial charge in [-0.05, 0) is 29.8 Å². The molecule has 3 heteroatoms. The zero-order chi connectivity index (χ0) is 13.1.